The molecule has 0 spiro atoms. The van der Waals surface area contributed by atoms with E-state index in [1.807, 2.05) is 30.5 Å². The molecule has 0 radical (unpaired) electrons. The third kappa shape index (κ3) is 3.72. The highest BCUT2D eigenvalue weighted by atomic mass is 14.9. The van der Waals surface area contributed by atoms with Crippen molar-refractivity contribution in [1.82, 2.24) is 9.97 Å². The number of aliphatic imine (C=N–C) groups is 1. The molecule has 3 aromatic carbocycles. The van der Waals surface area contributed by atoms with E-state index in [1.54, 1.807) is 0 Å². The van der Waals surface area contributed by atoms with Gasteiger partial charge in [-0.15, -0.1) is 0 Å². The molecule has 0 aliphatic rings. The van der Waals surface area contributed by atoms with Crippen LogP contribution in [0.25, 0.3) is 11.0 Å². The molecule has 1 N–H and O–H groups in total. The Morgan fingerprint density at radius 2 is 1.42 bits per heavy atom. The van der Waals surface area contributed by atoms with Crippen LogP contribution in [0.15, 0.2) is 89.9 Å². The van der Waals surface area contributed by atoms with Gasteiger partial charge in [0.1, 0.15) is 5.82 Å². The first-order chi connectivity index (χ1) is 12.9. The first-order valence-electron chi connectivity index (χ1n) is 8.94. The zero-order valence-electron chi connectivity index (χ0n) is 14.5. The van der Waals surface area contributed by atoms with Crippen LogP contribution in [0.1, 0.15) is 29.3 Å². The summed E-state index contributed by atoms with van der Waals surface area (Å²) in [5.41, 5.74) is 4.68. The van der Waals surface area contributed by atoms with E-state index >= 15 is 0 Å². The number of nitrogens with zero attached hydrogens (tertiary/aromatic N) is 2. The lowest BCUT2D eigenvalue weighted by atomic mass is 9.89. The lowest BCUT2D eigenvalue weighted by Crippen LogP contribution is -2.03. The second-order valence-electron chi connectivity index (χ2n) is 6.34. The topological polar surface area (TPSA) is 41.0 Å². The largest absolute Gasteiger partial charge is 0.337 e. The predicted octanol–water partition coefficient (Wildman–Crippen LogP) is 5.20. The summed E-state index contributed by atoms with van der Waals surface area (Å²) in [6.07, 6.45) is 2.80. The van der Waals surface area contributed by atoms with Crippen molar-refractivity contribution in [3.8, 4) is 0 Å². The van der Waals surface area contributed by atoms with Gasteiger partial charge in [0.05, 0.1) is 17.2 Å². The number of hydrogen-bond acceptors (Lipinski definition) is 2. The van der Waals surface area contributed by atoms with Gasteiger partial charge >= 0.3 is 0 Å². The third-order valence-electron chi connectivity index (χ3n) is 4.57. The molecule has 4 aromatic rings. The fraction of sp³-hybridized carbons (Fsp3) is 0.130. The number of aromatic amines is 1. The van der Waals surface area contributed by atoms with E-state index in [1.165, 1.54) is 11.1 Å². The third-order valence-corrected chi connectivity index (χ3v) is 4.57. The molecule has 26 heavy (non-hydrogen) atoms. The minimum Gasteiger partial charge on any atom is -0.337 e. The van der Waals surface area contributed by atoms with E-state index in [9.17, 15) is 0 Å². The van der Waals surface area contributed by atoms with Crippen molar-refractivity contribution >= 4 is 17.2 Å². The molecule has 3 heteroatoms. The Bertz CT molecular complexity index is 915. The minimum absolute atomic E-state index is 0.352. The summed E-state index contributed by atoms with van der Waals surface area (Å²) >= 11 is 0. The summed E-state index contributed by atoms with van der Waals surface area (Å²) in [6.45, 7) is 0.755. The van der Waals surface area contributed by atoms with Crippen LogP contribution >= 0.6 is 0 Å². The van der Waals surface area contributed by atoms with Gasteiger partial charge in [0.25, 0.3) is 0 Å². The Kier molecular flexibility index (Phi) is 4.88. The Hall–Kier alpha value is -3.20. The first-order valence-corrected chi connectivity index (χ1v) is 8.94. The normalized spacial score (nSPS) is 11.6. The number of hydrogen-bond donors (Lipinski definition) is 1. The summed E-state index contributed by atoms with van der Waals surface area (Å²) in [4.78, 5) is 12.4. The summed E-state index contributed by atoms with van der Waals surface area (Å²) in [6, 6.07) is 29.3. The van der Waals surface area contributed by atoms with Gasteiger partial charge in [0.15, 0.2) is 0 Å². The molecule has 0 amide bonds. The molecular formula is C23H21N3. The Labute approximate surface area is 153 Å². The molecule has 1 heterocycles. The van der Waals surface area contributed by atoms with E-state index in [0.717, 1.165) is 29.8 Å². The average Bonchev–Trinajstić information content (AvgIpc) is 3.12. The maximum absolute atomic E-state index is 4.61. The summed E-state index contributed by atoms with van der Waals surface area (Å²) in [7, 11) is 0. The highest BCUT2D eigenvalue weighted by Gasteiger charge is 2.13. The van der Waals surface area contributed by atoms with Gasteiger partial charge < -0.3 is 4.98 Å². The number of benzene rings is 3. The van der Waals surface area contributed by atoms with Crippen LogP contribution < -0.4 is 0 Å². The molecule has 0 unspecified atom stereocenters. The molecule has 0 bridgehead atoms. The quantitative estimate of drug-likeness (QED) is 0.482. The van der Waals surface area contributed by atoms with Crippen LogP contribution in [0.4, 0.5) is 0 Å². The fourth-order valence-electron chi connectivity index (χ4n) is 3.28. The van der Waals surface area contributed by atoms with Crippen molar-refractivity contribution in [3.63, 3.8) is 0 Å². The summed E-state index contributed by atoms with van der Waals surface area (Å²) in [5, 5.41) is 0. The standard InChI is InChI=1S/C23H21N3/c1-3-9-18(10-4-1)20(19-11-5-2-6-12-19)15-16-24-17-23-25-21-13-7-8-14-22(21)26-23/h1-14,17,20H,15-16H2,(H,25,26)/b24-17+. The maximum atomic E-state index is 4.61. The van der Waals surface area contributed by atoms with E-state index in [2.05, 4.69) is 75.6 Å². The maximum Gasteiger partial charge on any atom is 0.149 e. The fourth-order valence-corrected chi connectivity index (χ4v) is 3.28. The van der Waals surface area contributed by atoms with Crippen LogP contribution in [0, 0.1) is 0 Å². The number of nitrogens with one attached hydrogen (secondary N) is 1. The van der Waals surface area contributed by atoms with E-state index in [-0.39, 0.29) is 0 Å². The molecule has 1 aromatic heterocycles. The van der Waals surface area contributed by atoms with Gasteiger partial charge in [-0.3, -0.25) is 4.99 Å². The summed E-state index contributed by atoms with van der Waals surface area (Å²) in [5.74, 6) is 1.16. The van der Waals surface area contributed by atoms with Crippen molar-refractivity contribution in [2.24, 2.45) is 4.99 Å². The molecule has 0 fully saturated rings. The SMILES string of the molecule is C(=N\CCC(c1ccccc1)c1ccccc1)/c1nc2ccccc2[nH]1. The van der Waals surface area contributed by atoms with Gasteiger partial charge in [-0.2, -0.15) is 0 Å². The highest BCUT2D eigenvalue weighted by molar-refractivity contribution is 5.83. The molecule has 0 atom stereocenters. The van der Waals surface area contributed by atoms with Gasteiger partial charge in [0, 0.05) is 12.5 Å². The Morgan fingerprint density at radius 3 is 2.08 bits per heavy atom. The van der Waals surface area contributed by atoms with Crippen molar-refractivity contribution in [1.29, 1.82) is 0 Å². The van der Waals surface area contributed by atoms with E-state index < -0.39 is 0 Å². The first kappa shape index (κ1) is 16.3. The summed E-state index contributed by atoms with van der Waals surface area (Å²) < 4.78 is 0. The van der Waals surface area contributed by atoms with Crippen LogP contribution in [0.2, 0.25) is 0 Å². The minimum atomic E-state index is 0.352. The van der Waals surface area contributed by atoms with E-state index in [0.29, 0.717) is 5.92 Å². The lowest BCUT2D eigenvalue weighted by Gasteiger charge is -2.17. The number of imidazole rings is 1. The number of fused-ring (bicyclic) bond motifs is 1. The van der Waals surface area contributed by atoms with Crippen molar-refractivity contribution in [2.75, 3.05) is 6.54 Å². The number of aromatic nitrogens is 2. The molecule has 3 nitrogen and oxygen atoms in total. The number of rotatable bonds is 6. The molecule has 128 valence electrons. The van der Waals surface area contributed by atoms with Gasteiger partial charge in [-0.05, 0) is 29.7 Å². The zero-order valence-corrected chi connectivity index (χ0v) is 14.5. The van der Waals surface area contributed by atoms with Gasteiger partial charge in [-0.1, -0.05) is 72.8 Å². The second-order valence-corrected chi connectivity index (χ2v) is 6.34. The Morgan fingerprint density at radius 1 is 0.808 bits per heavy atom. The van der Waals surface area contributed by atoms with Crippen LogP contribution in [-0.4, -0.2) is 22.7 Å². The second kappa shape index (κ2) is 7.79. The number of para-hydroxylation sites is 2. The molecule has 4 rings (SSSR count). The van der Waals surface area contributed by atoms with Crippen molar-refractivity contribution < 1.29 is 0 Å². The van der Waals surface area contributed by atoms with Crippen molar-refractivity contribution in [2.45, 2.75) is 12.3 Å². The van der Waals surface area contributed by atoms with Crippen LogP contribution in [-0.2, 0) is 0 Å². The molecular weight excluding hydrogens is 318 g/mol. The monoisotopic (exact) mass is 339 g/mol. The highest BCUT2D eigenvalue weighted by Crippen LogP contribution is 2.27. The predicted molar refractivity (Wildman–Crippen MR) is 108 cm³/mol. The van der Waals surface area contributed by atoms with Gasteiger partial charge in [0.2, 0.25) is 0 Å². The average molecular weight is 339 g/mol. The number of H-pyrrole nitrogens is 1. The van der Waals surface area contributed by atoms with E-state index in [4.69, 9.17) is 0 Å². The van der Waals surface area contributed by atoms with Crippen molar-refractivity contribution in [3.05, 3.63) is 102 Å². The molecule has 0 aliphatic heterocycles. The Balaban J connectivity index is 1.48. The zero-order chi connectivity index (χ0) is 17.6. The van der Waals surface area contributed by atoms with Crippen LogP contribution in [0.3, 0.4) is 0 Å². The lowest BCUT2D eigenvalue weighted by molar-refractivity contribution is 0.728. The van der Waals surface area contributed by atoms with Gasteiger partial charge in [-0.25, -0.2) is 4.98 Å². The smallest absolute Gasteiger partial charge is 0.149 e. The molecule has 0 saturated carbocycles. The molecule has 0 aliphatic carbocycles. The molecule has 0 saturated heterocycles. The van der Waals surface area contributed by atoms with Crippen LogP contribution in [0.5, 0.6) is 0 Å².